The molecule has 1 heterocycles. The summed E-state index contributed by atoms with van der Waals surface area (Å²) >= 11 is 0. The van der Waals surface area contributed by atoms with Gasteiger partial charge in [-0.25, -0.2) is 9.97 Å². The van der Waals surface area contributed by atoms with Gasteiger partial charge in [0.1, 0.15) is 5.82 Å². The van der Waals surface area contributed by atoms with E-state index in [1.807, 2.05) is 26.8 Å². The third-order valence-electron chi connectivity index (χ3n) is 2.56. The van der Waals surface area contributed by atoms with Crippen molar-refractivity contribution >= 4 is 5.91 Å². The number of hydrogen-bond donors (Lipinski definition) is 1. The lowest BCUT2D eigenvalue weighted by Gasteiger charge is -2.20. The summed E-state index contributed by atoms with van der Waals surface area (Å²) in [6.07, 6.45) is 3.71. The summed E-state index contributed by atoms with van der Waals surface area (Å²) in [6, 6.07) is 1.95. The highest BCUT2D eigenvalue weighted by Gasteiger charge is 2.15. The van der Waals surface area contributed by atoms with E-state index in [4.69, 9.17) is 0 Å². The Morgan fingerprint density at radius 2 is 1.85 bits per heavy atom. The Hall–Kier alpha value is -1.45. The second-order valence-corrected chi connectivity index (χ2v) is 7.50. The standard InChI is InChI=1S/C16H27N3O/c1-15(2,3)11-12-9-10-17-13(18-12)7-8-14(20)19-16(4,5)6/h9-10H,7-8,11H2,1-6H3,(H,19,20). The van der Waals surface area contributed by atoms with Gasteiger partial charge in [0, 0.05) is 30.3 Å². The minimum atomic E-state index is -0.188. The zero-order valence-electron chi connectivity index (χ0n) is 13.6. The van der Waals surface area contributed by atoms with Crippen LogP contribution in [0.5, 0.6) is 0 Å². The van der Waals surface area contributed by atoms with E-state index in [1.54, 1.807) is 6.20 Å². The minimum Gasteiger partial charge on any atom is -0.351 e. The zero-order chi connectivity index (χ0) is 15.4. The lowest BCUT2D eigenvalue weighted by molar-refractivity contribution is -0.122. The molecule has 0 fully saturated rings. The minimum absolute atomic E-state index is 0.0438. The van der Waals surface area contributed by atoms with E-state index < -0.39 is 0 Å². The Morgan fingerprint density at radius 1 is 1.20 bits per heavy atom. The van der Waals surface area contributed by atoms with E-state index in [9.17, 15) is 4.79 Å². The van der Waals surface area contributed by atoms with Crippen LogP contribution in [0.25, 0.3) is 0 Å². The van der Waals surface area contributed by atoms with Crippen molar-refractivity contribution < 1.29 is 4.79 Å². The number of aryl methyl sites for hydroxylation is 1. The van der Waals surface area contributed by atoms with Crippen molar-refractivity contribution in [2.75, 3.05) is 0 Å². The van der Waals surface area contributed by atoms with Crippen LogP contribution < -0.4 is 5.32 Å². The van der Waals surface area contributed by atoms with E-state index in [1.165, 1.54) is 0 Å². The molecule has 1 amide bonds. The fourth-order valence-electron chi connectivity index (χ4n) is 1.91. The van der Waals surface area contributed by atoms with Gasteiger partial charge in [-0.1, -0.05) is 20.8 Å². The molecule has 1 aromatic heterocycles. The second-order valence-electron chi connectivity index (χ2n) is 7.50. The molecule has 0 atom stereocenters. The number of aromatic nitrogens is 2. The van der Waals surface area contributed by atoms with E-state index in [2.05, 4.69) is 36.1 Å². The maximum atomic E-state index is 11.8. The van der Waals surface area contributed by atoms with Crippen LogP contribution in [0.4, 0.5) is 0 Å². The summed E-state index contributed by atoms with van der Waals surface area (Å²) in [5.74, 6) is 0.790. The first kappa shape index (κ1) is 16.6. The highest BCUT2D eigenvalue weighted by molar-refractivity contribution is 5.76. The van der Waals surface area contributed by atoms with Crippen molar-refractivity contribution in [3.8, 4) is 0 Å². The molecule has 1 N–H and O–H groups in total. The molecule has 0 bridgehead atoms. The Kier molecular flexibility index (Phi) is 5.26. The average molecular weight is 277 g/mol. The van der Waals surface area contributed by atoms with Crippen molar-refractivity contribution in [1.29, 1.82) is 0 Å². The number of amides is 1. The first-order chi connectivity index (χ1) is 9.05. The van der Waals surface area contributed by atoms with Crippen LogP contribution in [0, 0.1) is 5.41 Å². The van der Waals surface area contributed by atoms with Crippen LogP contribution in [0.15, 0.2) is 12.3 Å². The summed E-state index contributed by atoms with van der Waals surface area (Å²) in [6.45, 7) is 12.5. The first-order valence-corrected chi connectivity index (χ1v) is 7.17. The van der Waals surface area contributed by atoms with Crippen LogP contribution in [0.3, 0.4) is 0 Å². The molecule has 112 valence electrons. The fraction of sp³-hybridized carbons (Fsp3) is 0.688. The topological polar surface area (TPSA) is 54.9 Å². The van der Waals surface area contributed by atoms with Gasteiger partial charge >= 0.3 is 0 Å². The van der Waals surface area contributed by atoms with E-state index in [0.29, 0.717) is 12.8 Å². The molecule has 1 aromatic rings. The molecule has 0 saturated heterocycles. The largest absolute Gasteiger partial charge is 0.351 e. The predicted molar refractivity (Wildman–Crippen MR) is 81.4 cm³/mol. The van der Waals surface area contributed by atoms with Crippen molar-refractivity contribution in [2.45, 2.75) is 66.3 Å². The van der Waals surface area contributed by atoms with E-state index in [0.717, 1.165) is 17.9 Å². The van der Waals surface area contributed by atoms with Crippen LogP contribution in [0.2, 0.25) is 0 Å². The fourth-order valence-corrected chi connectivity index (χ4v) is 1.91. The summed E-state index contributed by atoms with van der Waals surface area (Å²) in [7, 11) is 0. The number of hydrogen-bond acceptors (Lipinski definition) is 3. The van der Waals surface area contributed by atoms with E-state index in [-0.39, 0.29) is 16.9 Å². The van der Waals surface area contributed by atoms with Crippen LogP contribution in [-0.4, -0.2) is 21.4 Å². The average Bonchev–Trinajstić information content (AvgIpc) is 2.22. The predicted octanol–water partition coefficient (Wildman–Crippen LogP) is 2.91. The molecule has 0 aliphatic rings. The molecule has 0 radical (unpaired) electrons. The summed E-state index contributed by atoms with van der Waals surface area (Å²) in [4.78, 5) is 20.6. The normalized spacial score (nSPS) is 12.3. The summed E-state index contributed by atoms with van der Waals surface area (Å²) < 4.78 is 0. The molecule has 0 unspecified atom stereocenters. The van der Waals surface area contributed by atoms with Gasteiger partial charge in [-0.15, -0.1) is 0 Å². The third-order valence-corrected chi connectivity index (χ3v) is 2.56. The molecular weight excluding hydrogens is 250 g/mol. The first-order valence-electron chi connectivity index (χ1n) is 7.17. The van der Waals surface area contributed by atoms with Gasteiger partial charge in [-0.3, -0.25) is 4.79 Å². The third kappa shape index (κ3) is 7.22. The van der Waals surface area contributed by atoms with Crippen LogP contribution in [0.1, 0.15) is 59.5 Å². The van der Waals surface area contributed by atoms with Crippen LogP contribution >= 0.6 is 0 Å². The monoisotopic (exact) mass is 277 g/mol. The van der Waals surface area contributed by atoms with Crippen molar-refractivity contribution in [1.82, 2.24) is 15.3 Å². The van der Waals surface area contributed by atoms with Gasteiger partial charge in [-0.05, 0) is 38.7 Å². The molecule has 0 spiro atoms. The molecule has 4 nitrogen and oxygen atoms in total. The van der Waals surface area contributed by atoms with Gasteiger partial charge in [0.2, 0.25) is 5.91 Å². The van der Waals surface area contributed by atoms with E-state index >= 15 is 0 Å². The Balaban J connectivity index is 2.57. The SMILES string of the molecule is CC(C)(C)Cc1ccnc(CCC(=O)NC(C)(C)C)n1. The van der Waals surface area contributed by atoms with Crippen molar-refractivity contribution in [3.63, 3.8) is 0 Å². The number of nitrogens with one attached hydrogen (secondary N) is 1. The quantitative estimate of drug-likeness (QED) is 0.920. The summed E-state index contributed by atoms with van der Waals surface area (Å²) in [5.41, 5.74) is 1.06. The Morgan fingerprint density at radius 3 is 2.40 bits per heavy atom. The summed E-state index contributed by atoms with van der Waals surface area (Å²) in [5, 5.41) is 2.95. The highest BCUT2D eigenvalue weighted by Crippen LogP contribution is 2.19. The van der Waals surface area contributed by atoms with Crippen molar-refractivity contribution in [2.24, 2.45) is 5.41 Å². The van der Waals surface area contributed by atoms with Gasteiger partial charge in [0.25, 0.3) is 0 Å². The highest BCUT2D eigenvalue weighted by atomic mass is 16.1. The van der Waals surface area contributed by atoms with Gasteiger partial charge in [-0.2, -0.15) is 0 Å². The maximum absolute atomic E-state index is 11.8. The smallest absolute Gasteiger partial charge is 0.220 e. The Labute approximate surface area is 122 Å². The molecule has 0 aliphatic carbocycles. The molecule has 0 saturated carbocycles. The lowest BCUT2D eigenvalue weighted by Crippen LogP contribution is -2.40. The zero-order valence-corrected chi connectivity index (χ0v) is 13.6. The number of carbonyl (C=O) groups excluding carboxylic acids is 1. The number of carbonyl (C=O) groups is 1. The van der Waals surface area contributed by atoms with Crippen LogP contribution in [-0.2, 0) is 17.6 Å². The van der Waals surface area contributed by atoms with Crippen molar-refractivity contribution in [3.05, 3.63) is 23.8 Å². The number of rotatable bonds is 4. The molecule has 0 aromatic carbocycles. The second kappa shape index (κ2) is 6.33. The molecule has 4 heteroatoms. The maximum Gasteiger partial charge on any atom is 0.220 e. The lowest BCUT2D eigenvalue weighted by atomic mass is 9.90. The van der Waals surface area contributed by atoms with Gasteiger partial charge in [0.05, 0.1) is 0 Å². The molecule has 20 heavy (non-hydrogen) atoms. The van der Waals surface area contributed by atoms with Gasteiger partial charge < -0.3 is 5.32 Å². The Bertz CT molecular complexity index is 456. The number of nitrogens with zero attached hydrogens (tertiary/aromatic N) is 2. The molecule has 0 aliphatic heterocycles. The van der Waals surface area contributed by atoms with Gasteiger partial charge in [0.15, 0.2) is 0 Å². The molecular formula is C16H27N3O. The molecule has 1 rings (SSSR count).